The zero-order valence-corrected chi connectivity index (χ0v) is 16.7. The SMILES string of the molecule is CC1CCCC1CC1(C(N)=O)CNCCN1C(=O)c1cc(=O)[nH]c2ccccc12. The van der Waals surface area contributed by atoms with Gasteiger partial charge in [-0.15, -0.1) is 0 Å². The fourth-order valence-electron chi connectivity index (χ4n) is 5.08. The van der Waals surface area contributed by atoms with Crippen LogP contribution in [0, 0.1) is 11.8 Å². The lowest BCUT2D eigenvalue weighted by Gasteiger charge is -2.47. The Morgan fingerprint density at radius 3 is 2.79 bits per heavy atom. The lowest BCUT2D eigenvalue weighted by Crippen LogP contribution is -2.69. The molecule has 7 nitrogen and oxygen atoms in total. The maximum absolute atomic E-state index is 13.7. The normalized spacial score (nSPS) is 27.3. The van der Waals surface area contributed by atoms with Crippen LogP contribution in [0.3, 0.4) is 0 Å². The van der Waals surface area contributed by atoms with Gasteiger partial charge in [-0.2, -0.15) is 0 Å². The van der Waals surface area contributed by atoms with E-state index in [9.17, 15) is 14.4 Å². The van der Waals surface area contributed by atoms with E-state index in [1.54, 1.807) is 11.0 Å². The standard InChI is InChI=1S/C22H28N4O3/c1-14-5-4-6-15(14)12-22(21(23)29)13-24-9-10-26(22)20(28)17-11-19(27)25-18-8-3-2-7-16(17)18/h2-3,7-8,11,14-15,24H,4-6,9-10,12-13H2,1H3,(H2,23,29)(H,25,27). The maximum atomic E-state index is 13.7. The van der Waals surface area contributed by atoms with Gasteiger partial charge in [0.05, 0.1) is 5.56 Å². The number of nitrogens with one attached hydrogen (secondary N) is 2. The summed E-state index contributed by atoms with van der Waals surface area (Å²) in [4.78, 5) is 43.0. The van der Waals surface area contributed by atoms with Gasteiger partial charge in [0.2, 0.25) is 11.5 Å². The molecule has 3 atom stereocenters. The number of hydrogen-bond donors (Lipinski definition) is 3. The number of pyridine rings is 1. The lowest BCUT2D eigenvalue weighted by molar-refractivity contribution is -0.131. The molecule has 1 aromatic heterocycles. The van der Waals surface area contributed by atoms with Crippen LogP contribution in [-0.2, 0) is 4.79 Å². The smallest absolute Gasteiger partial charge is 0.255 e. The molecule has 29 heavy (non-hydrogen) atoms. The minimum Gasteiger partial charge on any atom is -0.368 e. The highest BCUT2D eigenvalue weighted by Crippen LogP contribution is 2.39. The molecule has 2 aromatic rings. The second-order valence-corrected chi connectivity index (χ2v) is 8.49. The summed E-state index contributed by atoms with van der Waals surface area (Å²) < 4.78 is 0. The van der Waals surface area contributed by atoms with Crippen molar-refractivity contribution in [1.82, 2.24) is 15.2 Å². The molecule has 2 amide bonds. The van der Waals surface area contributed by atoms with Gasteiger partial charge in [-0.25, -0.2) is 0 Å². The summed E-state index contributed by atoms with van der Waals surface area (Å²) in [6.45, 7) is 3.52. The van der Waals surface area contributed by atoms with Gasteiger partial charge in [-0.3, -0.25) is 14.4 Å². The number of primary amides is 1. The average Bonchev–Trinajstić information content (AvgIpc) is 3.11. The lowest BCUT2D eigenvalue weighted by atomic mass is 9.79. The van der Waals surface area contributed by atoms with Crippen molar-refractivity contribution in [2.24, 2.45) is 17.6 Å². The van der Waals surface area contributed by atoms with E-state index in [0.29, 0.717) is 54.4 Å². The minimum atomic E-state index is -1.08. The Kier molecular flexibility index (Phi) is 5.17. The Morgan fingerprint density at radius 2 is 2.07 bits per heavy atom. The van der Waals surface area contributed by atoms with Crippen molar-refractivity contribution in [3.05, 3.63) is 46.2 Å². The van der Waals surface area contributed by atoms with Crippen LogP contribution in [0.5, 0.6) is 0 Å². The highest BCUT2D eigenvalue weighted by Gasteiger charge is 2.49. The minimum absolute atomic E-state index is 0.307. The van der Waals surface area contributed by atoms with Gasteiger partial charge in [0.1, 0.15) is 5.54 Å². The molecule has 4 N–H and O–H groups in total. The van der Waals surface area contributed by atoms with E-state index < -0.39 is 11.4 Å². The van der Waals surface area contributed by atoms with Crippen molar-refractivity contribution in [3.8, 4) is 0 Å². The molecule has 2 aliphatic rings. The summed E-state index contributed by atoms with van der Waals surface area (Å²) in [7, 11) is 0. The second kappa shape index (κ2) is 7.63. The first-order valence-corrected chi connectivity index (χ1v) is 10.4. The Morgan fingerprint density at radius 1 is 1.28 bits per heavy atom. The number of nitrogens with zero attached hydrogens (tertiary/aromatic N) is 1. The first-order valence-electron chi connectivity index (χ1n) is 10.4. The first-order chi connectivity index (χ1) is 13.9. The van der Waals surface area contributed by atoms with Crippen LogP contribution in [0.4, 0.5) is 0 Å². The van der Waals surface area contributed by atoms with Crippen molar-refractivity contribution < 1.29 is 9.59 Å². The van der Waals surface area contributed by atoms with Crippen molar-refractivity contribution in [3.63, 3.8) is 0 Å². The number of amides is 2. The molecule has 2 heterocycles. The largest absolute Gasteiger partial charge is 0.368 e. The zero-order valence-electron chi connectivity index (χ0n) is 16.7. The van der Waals surface area contributed by atoms with Gasteiger partial charge in [0.15, 0.2) is 0 Å². The van der Waals surface area contributed by atoms with Gasteiger partial charge in [0, 0.05) is 36.6 Å². The summed E-state index contributed by atoms with van der Waals surface area (Å²) in [6.07, 6.45) is 3.88. The summed E-state index contributed by atoms with van der Waals surface area (Å²) >= 11 is 0. The summed E-state index contributed by atoms with van der Waals surface area (Å²) in [5, 5.41) is 3.94. The average molecular weight is 396 g/mol. The van der Waals surface area contributed by atoms with Crippen LogP contribution in [0.1, 0.15) is 43.0 Å². The topological polar surface area (TPSA) is 108 Å². The van der Waals surface area contributed by atoms with Crippen LogP contribution in [0.15, 0.2) is 35.1 Å². The van der Waals surface area contributed by atoms with E-state index in [0.717, 1.165) is 19.3 Å². The van der Waals surface area contributed by atoms with E-state index in [2.05, 4.69) is 17.2 Å². The van der Waals surface area contributed by atoms with Crippen LogP contribution >= 0.6 is 0 Å². The van der Waals surface area contributed by atoms with Gasteiger partial charge in [-0.1, -0.05) is 44.4 Å². The molecule has 3 unspecified atom stereocenters. The van der Waals surface area contributed by atoms with E-state index in [1.807, 2.05) is 18.2 Å². The number of aromatic nitrogens is 1. The van der Waals surface area contributed by atoms with E-state index >= 15 is 0 Å². The Labute approximate surface area is 169 Å². The molecule has 1 saturated carbocycles. The fraction of sp³-hybridized carbons (Fsp3) is 0.500. The summed E-state index contributed by atoms with van der Waals surface area (Å²) in [5.74, 6) is 0.0728. The molecule has 7 heteroatoms. The molecular weight excluding hydrogens is 368 g/mol. The third-order valence-electron chi connectivity index (χ3n) is 6.77. The van der Waals surface area contributed by atoms with Crippen LogP contribution < -0.4 is 16.6 Å². The van der Waals surface area contributed by atoms with Gasteiger partial charge in [-0.05, 0) is 24.3 Å². The number of piperazine rings is 1. The van der Waals surface area contributed by atoms with Crippen molar-refractivity contribution in [2.75, 3.05) is 19.6 Å². The highest BCUT2D eigenvalue weighted by atomic mass is 16.2. The quantitative estimate of drug-likeness (QED) is 0.730. The van der Waals surface area contributed by atoms with Crippen LogP contribution in [0.2, 0.25) is 0 Å². The number of carbonyl (C=O) groups excluding carboxylic acids is 2. The number of rotatable bonds is 4. The van der Waals surface area contributed by atoms with Gasteiger partial charge >= 0.3 is 0 Å². The second-order valence-electron chi connectivity index (χ2n) is 8.49. The molecule has 4 rings (SSSR count). The third-order valence-corrected chi connectivity index (χ3v) is 6.77. The van der Waals surface area contributed by atoms with Crippen LogP contribution in [-0.4, -0.2) is 46.9 Å². The first kappa shape index (κ1) is 19.6. The molecule has 1 aliphatic heterocycles. The predicted molar refractivity (Wildman–Crippen MR) is 112 cm³/mol. The number of carbonyl (C=O) groups is 2. The van der Waals surface area contributed by atoms with E-state index in [4.69, 9.17) is 5.73 Å². The number of fused-ring (bicyclic) bond motifs is 1. The number of nitrogens with two attached hydrogens (primary N) is 1. The molecule has 1 aliphatic carbocycles. The van der Waals surface area contributed by atoms with Crippen molar-refractivity contribution >= 4 is 22.7 Å². The molecular formula is C22H28N4O3. The Hall–Kier alpha value is -2.67. The number of benzene rings is 1. The number of hydrogen-bond acceptors (Lipinski definition) is 4. The monoisotopic (exact) mass is 396 g/mol. The number of H-pyrrole nitrogens is 1. The maximum Gasteiger partial charge on any atom is 0.255 e. The van der Waals surface area contributed by atoms with Gasteiger partial charge < -0.3 is 20.9 Å². The van der Waals surface area contributed by atoms with Crippen molar-refractivity contribution in [2.45, 2.75) is 38.1 Å². The Balaban J connectivity index is 1.77. The summed E-state index contributed by atoms with van der Waals surface area (Å²) in [5.41, 5.74) is 5.44. The number of aromatic amines is 1. The third kappa shape index (κ3) is 3.44. The van der Waals surface area contributed by atoms with E-state index in [-0.39, 0.29) is 11.5 Å². The summed E-state index contributed by atoms with van der Waals surface area (Å²) in [6, 6.07) is 8.55. The van der Waals surface area contributed by atoms with Gasteiger partial charge in [0.25, 0.3) is 5.91 Å². The zero-order chi connectivity index (χ0) is 20.6. The molecule has 0 bridgehead atoms. The molecule has 154 valence electrons. The van der Waals surface area contributed by atoms with E-state index in [1.165, 1.54) is 6.07 Å². The number of para-hydroxylation sites is 1. The van der Waals surface area contributed by atoms with Crippen LogP contribution in [0.25, 0.3) is 10.9 Å². The molecule has 0 radical (unpaired) electrons. The molecule has 0 spiro atoms. The highest BCUT2D eigenvalue weighted by molar-refractivity contribution is 6.08. The molecule has 1 aromatic carbocycles. The predicted octanol–water partition coefficient (Wildman–Crippen LogP) is 1.62. The Bertz CT molecular complexity index is 1000. The molecule has 1 saturated heterocycles. The molecule has 2 fully saturated rings. The fourth-order valence-corrected chi connectivity index (χ4v) is 5.08. The van der Waals surface area contributed by atoms with Crippen molar-refractivity contribution in [1.29, 1.82) is 0 Å².